The Balaban J connectivity index is 2.21. The zero-order valence-corrected chi connectivity index (χ0v) is 7.65. The Morgan fingerprint density at radius 1 is 1.36 bits per heavy atom. The maximum atomic E-state index is 12.8. The Bertz CT molecular complexity index is 270. The molecule has 4 nitrogen and oxygen atoms in total. The highest BCUT2D eigenvalue weighted by molar-refractivity contribution is 5.17. The van der Waals surface area contributed by atoms with Gasteiger partial charge in [-0.2, -0.15) is 4.39 Å². The van der Waals surface area contributed by atoms with Crippen LogP contribution < -0.4 is 4.74 Å². The minimum atomic E-state index is -0.630. The number of hydrogen-bond acceptors (Lipinski definition) is 4. The Kier molecular flexibility index (Phi) is 4.88. The molecule has 0 aliphatic heterocycles. The lowest BCUT2D eigenvalue weighted by molar-refractivity contribution is 0.0694. The van der Waals surface area contributed by atoms with E-state index >= 15 is 0 Å². The number of rotatable bonds is 6. The largest absolute Gasteiger partial charge is 0.486 e. The summed E-state index contributed by atoms with van der Waals surface area (Å²) < 4.78 is 22.8. The first kappa shape index (κ1) is 10.9. The molecule has 0 aliphatic carbocycles. The van der Waals surface area contributed by atoms with Crippen molar-refractivity contribution < 1.29 is 19.0 Å². The van der Waals surface area contributed by atoms with Crippen LogP contribution in [0.4, 0.5) is 4.39 Å². The Hall–Kier alpha value is -1.20. The molecule has 0 bridgehead atoms. The van der Waals surface area contributed by atoms with E-state index < -0.39 is 5.95 Å². The smallest absolute Gasteiger partial charge is 0.255 e. The molecule has 78 valence electrons. The van der Waals surface area contributed by atoms with Gasteiger partial charge in [0.15, 0.2) is 5.75 Å². The third kappa shape index (κ3) is 3.68. The van der Waals surface area contributed by atoms with E-state index in [1.807, 2.05) is 0 Å². The van der Waals surface area contributed by atoms with Gasteiger partial charge < -0.3 is 14.6 Å². The lowest BCUT2D eigenvalue weighted by atomic mass is 10.4. The molecule has 1 N–H and O–H groups in total. The van der Waals surface area contributed by atoms with Crippen molar-refractivity contribution in [2.24, 2.45) is 0 Å². The number of halogens is 1. The maximum absolute atomic E-state index is 12.8. The molecular weight excluding hydrogens is 189 g/mol. The highest BCUT2D eigenvalue weighted by Crippen LogP contribution is 2.12. The summed E-state index contributed by atoms with van der Waals surface area (Å²) in [5, 5.41) is 8.39. The van der Waals surface area contributed by atoms with Gasteiger partial charge in [0.25, 0.3) is 5.95 Å². The Morgan fingerprint density at radius 2 is 2.21 bits per heavy atom. The standard InChI is InChI=1S/C9H12FNO3/c10-9-8(2-1-3-11-9)14-7-6-13-5-4-12/h1-3,12H,4-7H2. The van der Waals surface area contributed by atoms with Crippen molar-refractivity contribution in [1.82, 2.24) is 4.98 Å². The van der Waals surface area contributed by atoms with Crippen molar-refractivity contribution in [2.75, 3.05) is 26.4 Å². The predicted molar refractivity (Wildman–Crippen MR) is 47.6 cm³/mol. The zero-order valence-electron chi connectivity index (χ0n) is 7.65. The second kappa shape index (κ2) is 6.28. The highest BCUT2D eigenvalue weighted by atomic mass is 19.1. The van der Waals surface area contributed by atoms with Crippen molar-refractivity contribution >= 4 is 0 Å². The second-order valence-corrected chi connectivity index (χ2v) is 2.48. The van der Waals surface area contributed by atoms with E-state index in [-0.39, 0.29) is 25.6 Å². The molecule has 0 unspecified atom stereocenters. The molecule has 5 heteroatoms. The molecule has 0 aromatic carbocycles. The number of aliphatic hydroxyl groups is 1. The van der Waals surface area contributed by atoms with Crippen molar-refractivity contribution in [2.45, 2.75) is 0 Å². The van der Waals surface area contributed by atoms with Gasteiger partial charge in [-0.1, -0.05) is 0 Å². The number of pyridine rings is 1. The number of aromatic nitrogens is 1. The average Bonchev–Trinajstić information content (AvgIpc) is 2.20. The van der Waals surface area contributed by atoms with Crippen LogP contribution in [-0.4, -0.2) is 36.5 Å². The summed E-state index contributed by atoms with van der Waals surface area (Å²) in [6.45, 7) is 0.789. The van der Waals surface area contributed by atoms with Gasteiger partial charge in [0.05, 0.1) is 19.8 Å². The van der Waals surface area contributed by atoms with Crippen molar-refractivity contribution in [3.63, 3.8) is 0 Å². The monoisotopic (exact) mass is 201 g/mol. The van der Waals surface area contributed by atoms with E-state index in [2.05, 4.69) is 4.98 Å². The minimum Gasteiger partial charge on any atom is -0.486 e. The molecule has 1 aromatic rings. The van der Waals surface area contributed by atoms with Crippen LogP contribution in [0, 0.1) is 5.95 Å². The molecule has 0 spiro atoms. The topological polar surface area (TPSA) is 51.6 Å². The van der Waals surface area contributed by atoms with Crippen LogP contribution >= 0.6 is 0 Å². The Labute approximate surface area is 81.3 Å². The molecule has 0 aliphatic rings. The molecule has 0 amide bonds. The molecule has 0 saturated carbocycles. The van der Waals surface area contributed by atoms with Crippen LogP contribution in [0.3, 0.4) is 0 Å². The van der Waals surface area contributed by atoms with Crippen LogP contribution in [0.1, 0.15) is 0 Å². The number of hydrogen-bond donors (Lipinski definition) is 1. The Morgan fingerprint density at radius 3 is 2.93 bits per heavy atom. The van der Waals surface area contributed by atoms with E-state index in [4.69, 9.17) is 14.6 Å². The van der Waals surface area contributed by atoms with Crippen LogP contribution in [0.25, 0.3) is 0 Å². The minimum absolute atomic E-state index is 0.0265. The lowest BCUT2D eigenvalue weighted by Crippen LogP contribution is -2.09. The van der Waals surface area contributed by atoms with Crippen LogP contribution in [0.15, 0.2) is 18.3 Å². The summed E-state index contributed by atoms with van der Waals surface area (Å²) in [6, 6.07) is 3.08. The summed E-state index contributed by atoms with van der Waals surface area (Å²) in [7, 11) is 0. The molecule has 14 heavy (non-hydrogen) atoms. The van der Waals surface area contributed by atoms with Gasteiger partial charge in [0.1, 0.15) is 6.61 Å². The van der Waals surface area contributed by atoms with E-state index in [1.165, 1.54) is 12.3 Å². The molecular formula is C9H12FNO3. The van der Waals surface area contributed by atoms with Gasteiger partial charge in [-0.25, -0.2) is 4.98 Å². The first-order valence-electron chi connectivity index (χ1n) is 4.26. The fourth-order valence-corrected chi connectivity index (χ4v) is 0.856. The summed E-state index contributed by atoms with van der Waals surface area (Å²) in [4.78, 5) is 3.42. The summed E-state index contributed by atoms with van der Waals surface area (Å²) >= 11 is 0. The van der Waals surface area contributed by atoms with Gasteiger partial charge >= 0.3 is 0 Å². The van der Waals surface area contributed by atoms with Crippen molar-refractivity contribution in [3.05, 3.63) is 24.3 Å². The predicted octanol–water partition coefficient (Wildman–Crippen LogP) is 0.608. The fourth-order valence-electron chi connectivity index (χ4n) is 0.856. The summed E-state index contributed by atoms with van der Waals surface area (Å²) in [5.74, 6) is -0.519. The normalized spacial score (nSPS) is 10.1. The molecule has 1 rings (SSSR count). The van der Waals surface area contributed by atoms with E-state index in [1.54, 1.807) is 6.07 Å². The van der Waals surface area contributed by atoms with Gasteiger partial charge in [-0.3, -0.25) is 0 Å². The van der Waals surface area contributed by atoms with Crippen LogP contribution in [0.2, 0.25) is 0 Å². The first-order valence-corrected chi connectivity index (χ1v) is 4.26. The quantitative estimate of drug-likeness (QED) is 0.541. The number of aliphatic hydroxyl groups excluding tert-OH is 1. The van der Waals surface area contributed by atoms with Gasteiger partial charge in [0, 0.05) is 6.20 Å². The molecule has 0 saturated heterocycles. The first-order chi connectivity index (χ1) is 6.84. The lowest BCUT2D eigenvalue weighted by Gasteiger charge is -2.06. The molecule has 0 fully saturated rings. The zero-order chi connectivity index (χ0) is 10.2. The second-order valence-electron chi connectivity index (χ2n) is 2.48. The molecule has 1 heterocycles. The number of ether oxygens (including phenoxy) is 2. The van der Waals surface area contributed by atoms with Gasteiger partial charge in [-0.05, 0) is 12.1 Å². The van der Waals surface area contributed by atoms with Crippen molar-refractivity contribution in [3.8, 4) is 5.75 Å². The molecule has 0 radical (unpaired) electrons. The van der Waals surface area contributed by atoms with E-state index in [0.717, 1.165) is 0 Å². The SMILES string of the molecule is OCCOCCOc1cccnc1F. The number of nitrogens with zero attached hydrogens (tertiary/aromatic N) is 1. The average molecular weight is 201 g/mol. The maximum Gasteiger partial charge on any atom is 0.255 e. The van der Waals surface area contributed by atoms with Gasteiger partial charge in [0.2, 0.25) is 0 Å². The van der Waals surface area contributed by atoms with Crippen molar-refractivity contribution in [1.29, 1.82) is 0 Å². The molecule has 1 aromatic heterocycles. The fraction of sp³-hybridized carbons (Fsp3) is 0.444. The highest BCUT2D eigenvalue weighted by Gasteiger charge is 2.01. The van der Waals surface area contributed by atoms with E-state index in [0.29, 0.717) is 6.61 Å². The van der Waals surface area contributed by atoms with Gasteiger partial charge in [-0.15, -0.1) is 0 Å². The van der Waals surface area contributed by atoms with Crippen LogP contribution in [-0.2, 0) is 4.74 Å². The van der Waals surface area contributed by atoms with Crippen LogP contribution in [0.5, 0.6) is 5.75 Å². The summed E-state index contributed by atoms with van der Waals surface area (Å²) in [5.41, 5.74) is 0. The third-order valence-electron chi connectivity index (χ3n) is 1.45. The summed E-state index contributed by atoms with van der Waals surface area (Å²) in [6.07, 6.45) is 1.35. The molecule has 0 atom stereocenters. The third-order valence-corrected chi connectivity index (χ3v) is 1.45. The van der Waals surface area contributed by atoms with E-state index in [9.17, 15) is 4.39 Å².